The van der Waals surface area contributed by atoms with Crippen LogP contribution in [0.1, 0.15) is 23.7 Å². The lowest BCUT2D eigenvalue weighted by molar-refractivity contribution is 0.0948. The normalized spacial score (nSPS) is 9.63. The third kappa shape index (κ3) is 5.44. The number of amides is 1. The van der Waals surface area contributed by atoms with Crippen molar-refractivity contribution < 1.29 is 13.9 Å². The average Bonchev–Trinajstić information content (AvgIpc) is 2.37. The molecule has 108 valence electrons. The van der Waals surface area contributed by atoms with Crippen molar-refractivity contribution in [2.45, 2.75) is 13.3 Å². The van der Waals surface area contributed by atoms with Gasteiger partial charge in [0.1, 0.15) is 0 Å². The summed E-state index contributed by atoms with van der Waals surface area (Å²) in [4.78, 5) is 11.9. The number of benzene rings is 1. The molecule has 4 nitrogen and oxygen atoms in total. The van der Waals surface area contributed by atoms with Crippen molar-refractivity contribution in [1.82, 2.24) is 10.6 Å². The van der Waals surface area contributed by atoms with E-state index < -0.39 is 5.82 Å². The molecule has 0 spiro atoms. The van der Waals surface area contributed by atoms with Gasteiger partial charge in [-0.15, -0.1) is 12.4 Å². The van der Waals surface area contributed by atoms with Crippen LogP contribution in [-0.4, -0.2) is 32.7 Å². The maximum absolute atomic E-state index is 13.5. The van der Waals surface area contributed by atoms with E-state index in [4.69, 9.17) is 4.74 Å². The maximum atomic E-state index is 13.5. The summed E-state index contributed by atoms with van der Waals surface area (Å²) < 4.78 is 18.7. The van der Waals surface area contributed by atoms with Crippen LogP contribution >= 0.6 is 12.4 Å². The van der Waals surface area contributed by atoms with Crippen LogP contribution in [0.25, 0.3) is 0 Å². The number of carbonyl (C=O) groups is 1. The van der Waals surface area contributed by atoms with E-state index in [-0.39, 0.29) is 29.6 Å². The zero-order valence-corrected chi connectivity index (χ0v) is 12.0. The number of rotatable bonds is 7. The first kappa shape index (κ1) is 17.7. The van der Waals surface area contributed by atoms with Crippen molar-refractivity contribution in [3.63, 3.8) is 0 Å². The van der Waals surface area contributed by atoms with Crippen molar-refractivity contribution >= 4 is 18.3 Å². The molecule has 0 atom stereocenters. The summed E-state index contributed by atoms with van der Waals surface area (Å²) in [6.45, 7) is 3.44. The van der Waals surface area contributed by atoms with Crippen LogP contribution in [0.4, 0.5) is 4.39 Å². The minimum Gasteiger partial charge on any atom is -0.490 e. The van der Waals surface area contributed by atoms with Gasteiger partial charge in [0.15, 0.2) is 11.6 Å². The molecule has 1 rings (SSSR count). The van der Waals surface area contributed by atoms with Crippen LogP contribution in [-0.2, 0) is 0 Å². The van der Waals surface area contributed by atoms with Gasteiger partial charge in [-0.1, -0.05) is 6.07 Å². The van der Waals surface area contributed by atoms with Crippen molar-refractivity contribution in [2.75, 3.05) is 26.7 Å². The second-order valence-corrected chi connectivity index (χ2v) is 3.76. The van der Waals surface area contributed by atoms with Gasteiger partial charge < -0.3 is 15.4 Å². The van der Waals surface area contributed by atoms with Gasteiger partial charge >= 0.3 is 0 Å². The SMILES string of the molecule is CCOc1c(F)cccc1C(=O)NCCCNC.Cl. The molecule has 0 fully saturated rings. The summed E-state index contributed by atoms with van der Waals surface area (Å²) in [5.74, 6) is -0.806. The highest BCUT2D eigenvalue weighted by molar-refractivity contribution is 5.96. The van der Waals surface area contributed by atoms with Gasteiger partial charge in [0, 0.05) is 6.54 Å². The summed E-state index contributed by atoms with van der Waals surface area (Å²) in [5.41, 5.74) is 0.237. The summed E-state index contributed by atoms with van der Waals surface area (Å²) >= 11 is 0. The molecule has 1 aromatic rings. The van der Waals surface area contributed by atoms with E-state index >= 15 is 0 Å². The molecule has 0 aliphatic carbocycles. The molecule has 0 radical (unpaired) electrons. The molecule has 1 aromatic carbocycles. The molecule has 0 heterocycles. The Kier molecular flexibility index (Phi) is 8.91. The predicted molar refractivity (Wildman–Crippen MR) is 75.7 cm³/mol. The molecule has 0 aliphatic heterocycles. The number of carbonyl (C=O) groups excluding carboxylic acids is 1. The Morgan fingerprint density at radius 2 is 2.11 bits per heavy atom. The Morgan fingerprint density at radius 3 is 2.74 bits per heavy atom. The minimum absolute atomic E-state index is 0. The third-order valence-corrected chi connectivity index (χ3v) is 2.39. The molecule has 0 bridgehead atoms. The summed E-state index contributed by atoms with van der Waals surface area (Å²) in [7, 11) is 1.85. The Balaban J connectivity index is 0.00000324. The lowest BCUT2D eigenvalue weighted by Gasteiger charge is -2.11. The Hall–Kier alpha value is -1.33. The molecule has 6 heteroatoms. The monoisotopic (exact) mass is 290 g/mol. The number of nitrogens with one attached hydrogen (secondary N) is 2. The van der Waals surface area contributed by atoms with Crippen LogP contribution in [0.3, 0.4) is 0 Å². The highest BCUT2D eigenvalue weighted by Gasteiger charge is 2.15. The fourth-order valence-electron chi connectivity index (χ4n) is 1.54. The van der Waals surface area contributed by atoms with E-state index in [0.717, 1.165) is 13.0 Å². The number of hydrogen-bond donors (Lipinski definition) is 2. The fraction of sp³-hybridized carbons (Fsp3) is 0.462. The fourth-order valence-corrected chi connectivity index (χ4v) is 1.54. The van der Waals surface area contributed by atoms with Crippen LogP contribution in [0.5, 0.6) is 5.75 Å². The Morgan fingerprint density at radius 1 is 1.37 bits per heavy atom. The highest BCUT2D eigenvalue weighted by atomic mass is 35.5. The lowest BCUT2D eigenvalue weighted by Crippen LogP contribution is -2.27. The molecule has 1 amide bonds. The highest BCUT2D eigenvalue weighted by Crippen LogP contribution is 2.22. The number of hydrogen-bond acceptors (Lipinski definition) is 3. The molecule has 0 aromatic heterocycles. The van der Waals surface area contributed by atoms with Crippen molar-refractivity contribution in [3.05, 3.63) is 29.6 Å². The third-order valence-electron chi connectivity index (χ3n) is 2.39. The van der Waals surface area contributed by atoms with Gasteiger partial charge in [-0.2, -0.15) is 0 Å². The topological polar surface area (TPSA) is 50.4 Å². The average molecular weight is 291 g/mol. The van der Waals surface area contributed by atoms with Gasteiger partial charge in [-0.25, -0.2) is 4.39 Å². The summed E-state index contributed by atoms with van der Waals surface area (Å²) in [6.07, 6.45) is 0.821. The van der Waals surface area contributed by atoms with E-state index in [2.05, 4.69) is 10.6 Å². The quantitative estimate of drug-likeness (QED) is 0.755. The second kappa shape index (κ2) is 9.58. The van der Waals surface area contributed by atoms with Gasteiger partial charge in [-0.3, -0.25) is 4.79 Å². The zero-order valence-electron chi connectivity index (χ0n) is 11.2. The van der Waals surface area contributed by atoms with Crippen LogP contribution < -0.4 is 15.4 Å². The molecule has 0 unspecified atom stereocenters. The largest absolute Gasteiger partial charge is 0.490 e. The van der Waals surface area contributed by atoms with Crippen LogP contribution in [0, 0.1) is 5.82 Å². The smallest absolute Gasteiger partial charge is 0.255 e. The van der Waals surface area contributed by atoms with E-state index in [0.29, 0.717) is 13.2 Å². The Bertz CT molecular complexity index is 402. The van der Waals surface area contributed by atoms with Gasteiger partial charge in [0.05, 0.1) is 12.2 Å². The first-order valence-corrected chi connectivity index (χ1v) is 6.04. The van der Waals surface area contributed by atoms with Crippen LogP contribution in [0.2, 0.25) is 0 Å². The first-order chi connectivity index (χ1) is 8.70. The molecule has 0 saturated heterocycles. The molecule has 0 saturated carbocycles. The molecular weight excluding hydrogens is 271 g/mol. The standard InChI is InChI=1S/C13H19FN2O2.ClH/c1-3-18-12-10(6-4-7-11(12)14)13(17)16-9-5-8-15-2;/h4,6-7,15H,3,5,8-9H2,1-2H3,(H,16,17);1H. The maximum Gasteiger partial charge on any atom is 0.255 e. The predicted octanol–water partition coefficient (Wildman–Crippen LogP) is 1.99. The summed E-state index contributed by atoms with van der Waals surface area (Å²) in [5, 5.41) is 5.72. The van der Waals surface area contributed by atoms with E-state index in [1.54, 1.807) is 13.0 Å². The van der Waals surface area contributed by atoms with Gasteiger partial charge in [-0.05, 0) is 39.1 Å². The van der Waals surface area contributed by atoms with E-state index in [9.17, 15) is 9.18 Å². The molecular formula is C13H20ClFN2O2. The van der Waals surface area contributed by atoms with Crippen molar-refractivity contribution in [2.24, 2.45) is 0 Å². The lowest BCUT2D eigenvalue weighted by atomic mass is 10.1. The molecule has 19 heavy (non-hydrogen) atoms. The zero-order chi connectivity index (χ0) is 13.4. The Labute approximate surface area is 119 Å². The molecule has 0 aliphatic rings. The van der Waals surface area contributed by atoms with Gasteiger partial charge in [0.2, 0.25) is 0 Å². The van der Waals surface area contributed by atoms with Crippen molar-refractivity contribution in [1.29, 1.82) is 0 Å². The van der Waals surface area contributed by atoms with Crippen molar-refractivity contribution in [3.8, 4) is 5.75 Å². The van der Waals surface area contributed by atoms with E-state index in [1.807, 2.05) is 7.05 Å². The number of halogens is 2. The van der Waals surface area contributed by atoms with Crippen LogP contribution in [0.15, 0.2) is 18.2 Å². The van der Waals surface area contributed by atoms with Gasteiger partial charge in [0.25, 0.3) is 5.91 Å². The number of para-hydroxylation sites is 1. The molecule has 2 N–H and O–H groups in total. The number of ether oxygens (including phenoxy) is 1. The van der Waals surface area contributed by atoms with E-state index in [1.165, 1.54) is 12.1 Å². The second-order valence-electron chi connectivity index (χ2n) is 3.76. The first-order valence-electron chi connectivity index (χ1n) is 6.04. The summed E-state index contributed by atoms with van der Waals surface area (Å²) in [6, 6.07) is 4.34. The minimum atomic E-state index is -0.514.